The van der Waals surface area contributed by atoms with Crippen LogP contribution in [0.5, 0.6) is 5.75 Å². The topological polar surface area (TPSA) is 67.2 Å². The van der Waals surface area contributed by atoms with E-state index >= 15 is 0 Å². The molecule has 0 aliphatic heterocycles. The molecule has 20 heavy (non-hydrogen) atoms. The molecule has 0 unspecified atom stereocenters. The minimum atomic E-state index is -3.41. The Labute approximate surface area is 118 Å². The van der Waals surface area contributed by atoms with E-state index in [0.29, 0.717) is 16.9 Å². The van der Waals surface area contributed by atoms with Gasteiger partial charge in [0.05, 0.1) is 23.3 Å². The van der Waals surface area contributed by atoms with Gasteiger partial charge in [0.2, 0.25) is 0 Å². The van der Waals surface area contributed by atoms with Crippen molar-refractivity contribution in [1.29, 1.82) is 5.26 Å². The molecule has 0 aliphatic carbocycles. The molecule has 0 spiro atoms. The van der Waals surface area contributed by atoms with Crippen LogP contribution in [-0.2, 0) is 15.6 Å². The van der Waals surface area contributed by atoms with Gasteiger partial charge in [-0.1, -0.05) is 24.3 Å². The van der Waals surface area contributed by atoms with E-state index in [9.17, 15) is 8.42 Å². The van der Waals surface area contributed by atoms with E-state index in [1.165, 1.54) is 7.11 Å². The maximum atomic E-state index is 12.2. The van der Waals surface area contributed by atoms with Crippen LogP contribution in [0.2, 0.25) is 0 Å². The number of hydrogen-bond donors (Lipinski definition) is 0. The Balaban J connectivity index is 2.34. The smallest absolute Gasteiger partial charge is 0.182 e. The van der Waals surface area contributed by atoms with Gasteiger partial charge in [-0.05, 0) is 29.8 Å². The first-order chi connectivity index (χ1) is 9.56. The highest BCUT2D eigenvalue weighted by atomic mass is 32.2. The SMILES string of the molecule is COc1ccc(CS(=O)(=O)c2ccccc2)cc1C#N. The Morgan fingerprint density at radius 2 is 1.85 bits per heavy atom. The predicted octanol–water partition coefficient (Wildman–Crippen LogP) is 2.54. The van der Waals surface area contributed by atoms with Gasteiger partial charge >= 0.3 is 0 Å². The Hall–Kier alpha value is -2.32. The molecular weight excluding hydrogens is 274 g/mol. The molecule has 2 aromatic carbocycles. The first-order valence-corrected chi connectivity index (χ1v) is 7.57. The van der Waals surface area contributed by atoms with E-state index in [4.69, 9.17) is 10.00 Å². The van der Waals surface area contributed by atoms with Crippen molar-refractivity contribution in [2.45, 2.75) is 10.6 Å². The molecule has 2 rings (SSSR count). The normalized spacial score (nSPS) is 10.8. The van der Waals surface area contributed by atoms with E-state index in [1.807, 2.05) is 6.07 Å². The van der Waals surface area contributed by atoms with Gasteiger partial charge < -0.3 is 4.74 Å². The molecule has 0 atom stereocenters. The fourth-order valence-electron chi connectivity index (χ4n) is 1.86. The molecule has 0 N–H and O–H groups in total. The monoisotopic (exact) mass is 287 g/mol. The van der Waals surface area contributed by atoms with Gasteiger partial charge in [0, 0.05) is 0 Å². The zero-order chi connectivity index (χ0) is 14.6. The number of benzene rings is 2. The van der Waals surface area contributed by atoms with Crippen LogP contribution in [0.3, 0.4) is 0 Å². The Kier molecular flexibility index (Phi) is 4.06. The first kappa shape index (κ1) is 14.1. The highest BCUT2D eigenvalue weighted by molar-refractivity contribution is 7.90. The minimum Gasteiger partial charge on any atom is -0.495 e. The summed E-state index contributed by atoms with van der Waals surface area (Å²) in [4.78, 5) is 0.273. The first-order valence-electron chi connectivity index (χ1n) is 5.91. The zero-order valence-corrected chi connectivity index (χ0v) is 11.7. The molecule has 102 valence electrons. The summed E-state index contributed by atoms with van der Waals surface area (Å²) < 4.78 is 29.5. The molecule has 0 bridgehead atoms. The number of methoxy groups -OCH3 is 1. The summed E-state index contributed by atoms with van der Waals surface area (Å²) in [6.45, 7) is 0. The van der Waals surface area contributed by atoms with Crippen molar-refractivity contribution in [2.24, 2.45) is 0 Å². The van der Waals surface area contributed by atoms with Crippen LogP contribution in [0.1, 0.15) is 11.1 Å². The van der Waals surface area contributed by atoms with Gasteiger partial charge in [-0.2, -0.15) is 5.26 Å². The number of nitrogens with zero attached hydrogens (tertiary/aromatic N) is 1. The van der Waals surface area contributed by atoms with Crippen LogP contribution in [0.4, 0.5) is 0 Å². The van der Waals surface area contributed by atoms with Crippen molar-refractivity contribution < 1.29 is 13.2 Å². The summed E-state index contributed by atoms with van der Waals surface area (Å²) in [5, 5.41) is 9.01. The van der Waals surface area contributed by atoms with Gasteiger partial charge in [-0.3, -0.25) is 0 Å². The second-order valence-electron chi connectivity index (χ2n) is 4.22. The zero-order valence-electron chi connectivity index (χ0n) is 10.9. The molecule has 0 fully saturated rings. The van der Waals surface area contributed by atoms with Crippen LogP contribution in [0.25, 0.3) is 0 Å². The highest BCUT2D eigenvalue weighted by Gasteiger charge is 2.16. The van der Waals surface area contributed by atoms with Crippen molar-refractivity contribution >= 4 is 9.84 Å². The molecule has 2 aromatic rings. The number of hydrogen-bond acceptors (Lipinski definition) is 4. The predicted molar refractivity (Wildman–Crippen MR) is 75.0 cm³/mol. The molecule has 0 aromatic heterocycles. The third-order valence-corrected chi connectivity index (χ3v) is 4.55. The van der Waals surface area contributed by atoms with E-state index < -0.39 is 9.84 Å². The summed E-state index contributed by atoms with van der Waals surface area (Å²) in [6.07, 6.45) is 0. The van der Waals surface area contributed by atoms with E-state index in [0.717, 1.165) is 0 Å². The van der Waals surface area contributed by atoms with Gasteiger partial charge in [0.15, 0.2) is 9.84 Å². The molecule has 0 heterocycles. The van der Waals surface area contributed by atoms with E-state index in [-0.39, 0.29) is 10.6 Å². The summed E-state index contributed by atoms with van der Waals surface area (Å²) in [5.41, 5.74) is 0.888. The van der Waals surface area contributed by atoms with E-state index in [2.05, 4.69) is 0 Å². The van der Waals surface area contributed by atoms with Crippen LogP contribution >= 0.6 is 0 Å². The summed E-state index contributed by atoms with van der Waals surface area (Å²) in [6, 6.07) is 15.0. The molecular formula is C15H13NO3S. The standard InChI is InChI=1S/C15H13NO3S/c1-19-15-8-7-12(9-13(15)10-16)11-20(17,18)14-5-3-2-4-6-14/h2-9H,11H2,1H3. The van der Waals surface area contributed by atoms with Gasteiger partial charge in [0.25, 0.3) is 0 Å². The molecule has 4 nitrogen and oxygen atoms in total. The van der Waals surface area contributed by atoms with Crippen molar-refractivity contribution in [3.05, 3.63) is 59.7 Å². The lowest BCUT2D eigenvalue weighted by molar-refractivity contribution is 0.413. The summed E-state index contributed by atoms with van der Waals surface area (Å²) in [5.74, 6) is 0.295. The van der Waals surface area contributed by atoms with Crippen molar-refractivity contribution in [2.75, 3.05) is 7.11 Å². The Morgan fingerprint density at radius 3 is 2.45 bits per heavy atom. The number of nitriles is 1. The lowest BCUT2D eigenvalue weighted by Crippen LogP contribution is -2.05. The maximum absolute atomic E-state index is 12.2. The number of ether oxygens (including phenoxy) is 1. The molecule has 0 amide bonds. The number of sulfone groups is 1. The molecule has 0 radical (unpaired) electrons. The second kappa shape index (κ2) is 5.76. The van der Waals surface area contributed by atoms with Crippen molar-refractivity contribution in [3.8, 4) is 11.8 Å². The lowest BCUT2D eigenvalue weighted by atomic mass is 10.1. The van der Waals surface area contributed by atoms with Gasteiger partial charge in [-0.15, -0.1) is 0 Å². The fourth-order valence-corrected chi connectivity index (χ4v) is 3.22. The molecule has 0 aliphatic rings. The third-order valence-electron chi connectivity index (χ3n) is 2.84. The Morgan fingerprint density at radius 1 is 1.15 bits per heavy atom. The molecule has 0 saturated heterocycles. The maximum Gasteiger partial charge on any atom is 0.182 e. The minimum absolute atomic E-state index is 0.143. The van der Waals surface area contributed by atoms with Gasteiger partial charge in [0.1, 0.15) is 11.8 Å². The number of rotatable bonds is 4. The van der Waals surface area contributed by atoms with Crippen LogP contribution < -0.4 is 4.74 Å². The molecule has 0 saturated carbocycles. The Bertz CT molecular complexity index is 746. The largest absolute Gasteiger partial charge is 0.495 e. The average molecular weight is 287 g/mol. The summed E-state index contributed by atoms with van der Waals surface area (Å²) in [7, 11) is -1.94. The van der Waals surface area contributed by atoms with Crippen LogP contribution in [-0.4, -0.2) is 15.5 Å². The second-order valence-corrected chi connectivity index (χ2v) is 6.21. The highest BCUT2D eigenvalue weighted by Crippen LogP contribution is 2.22. The van der Waals surface area contributed by atoms with Crippen molar-refractivity contribution in [1.82, 2.24) is 0 Å². The van der Waals surface area contributed by atoms with Crippen LogP contribution in [0, 0.1) is 11.3 Å². The van der Waals surface area contributed by atoms with Crippen LogP contribution in [0.15, 0.2) is 53.4 Å². The lowest BCUT2D eigenvalue weighted by Gasteiger charge is -2.07. The van der Waals surface area contributed by atoms with Crippen molar-refractivity contribution in [3.63, 3.8) is 0 Å². The summed E-state index contributed by atoms with van der Waals surface area (Å²) >= 11 is 0. The van der Waals surface area contributed by atoms with E-state index in [1.54, 1.807) is 48.5 Å². The average Bonchev–Trinajstić information content (AvgIpc) is 2.47. The molecule has 5 heteroatoms. The quantitative estimate of drug-likeness (QED) is 0.866. The fraction of sp³-hybridized carbons (Fsp3) is 0.133. The third kappa shape index (κ3) is 2.98. The van der Waals surface area contributed by atoms with Gasteiger partial charge in [-0.25, -0.2) is 8.42 Å².